The molecule has 0 saturated carbocycles. The fourth-order valence-corrected chi connectivity index (χ4v) is 2.51. The molecule has 0 fully saturated rings. The van der Waals surface area contributed by atoms with E-state index in [2.05, 4.69) is 85.1 Å². The van der Waals surface area contributed by atoms with Crippen LogP contribution in [0.5, 0.6) is 0 Å². The molecule has 1 heteroatoms. The number of benzene rings is 2. The van der Waals surface area contributed by atoms with Crippen LogP contribution < -0.4 is 0 Å². The lowest BCUT2D eigenvalue weighted by molar-refractivity contribution is 1.01. The Kier molecular flexibility index (Phi) is 2.96. The summed E-state index contributed by atoms with van der Waals surface area (Å²) < 4.78 is 2.32. The molecule has 2 aromatic carbocycles. The summed E-state index contributed by atoms with van der Waals surface area (Å²) in [5.41, 5.74) is 6.29. The van der Waals surface area contributed by atoms with Crippen LogP contribution >= 0.6 is 0 Å². The number of para-hydroxylation sites is 1. The Bertz CT molecular complexity index is 693. The minimum absolute atomic E-state index is 1.24. The minimum atomic E-state index is 1.24. The summed E-state index contributed by atoms with van der Waals surface area (Å²) in [5.74, 6) is 0. The predicted molar refractivity (Wildman–Crippen MR) is 80.7 cm³/mol. The third-order valence-electron chi connectivity index (χ3n) is 3.50. The molecule has 1 aromatic heterocycles. The molecule has 0 unspecified atom stereocenters. The molecule has 3 rings (SSSR count). The van der Waals surface area contributed by atoms with Crippen LogP contribution in [0.2, 0.25) is 0 Å². The normalized spacial score (nSPS) is 10.6. The van der Waals surface area contributed by atoms with Gasteiger partial charge in [0.15, 0.2) is 0 Å². The Morgan fingerprint density at radius 3 is 2.11 bits per heavy atom. The van der Waals surface area contributed by atoms with E-state index in [1.807, 2.05) is 0 Å². The van der Waals surface area contributed by atoms with E-state index in [0.29, 0.717) is 0 Å². The summed E-state index contributed by atoms with van der Waals surface area (Å²) >= 11 is 0. The summed E-state index contributed by atoms with van der Waals surface area (Å²) in [5, 5.41) is 0. The molecule has 0 aliphatic heterocycles. The van der Waals surface area contributed by atoms with Crippen molar-refractivity contribution >= 4 is 0 Å². The van der Waals surface area contributed by atoms with Crippen molar-refractivity contribution in [1.29, 1.82) is 0 Å². The van der Waals surface area contributed by atoms with Gasteiger partial charge in [0.25, 0.3) is 0 Å². The van der Waals surface area contributed by atoms with Crippen molar-refractivity contribution in [3.05, 3.63) is 78.0 Å². The molecule has 19 heavy (non-hydrogen) atoms. The van der Waals surface area contributed by atoms with Gasteiger partial charge < -0.3 is 4.57 Å². The van der Waals surface area contributed by atoms with Crippen molar-refractivity contribution in [2.75, 3.05) is 0 Å². The first-order valence-electron chi connectivity index (χ1n) is 6.57. The fourth-order valence-electron chi connectivity index (χ4n) is 2.51. The van der Waals surface area contributed by atoms with E-state index < -0.39 is 0 Å². The van der Waals surface area contributed by atoms with Gasteiger partial charge in [-0.1, -0.05) is 48.5 Å². The van der Waals surface area contributed by atoms with Crippen LogP contribution in [0.25, 0.3) is 16.9 Å². The summed E-state index contributed by atoms with van der Waals surface area (Å²) in [6.45, 7) is 4.31. The first-order chi connectivity index (χ1) is 9.27. The highest BCUT2D eigenvalue weighted by Gasteiger charge is 2.10. The molecular weight excluding hydrogens is 230 g/mol. The van der Waals surface area contributed by atoms with Crippen LogP contribution in [0.15, 0.2) is 66.7 Å². The third kappa shape index (κ3) is 2.08. The average molecular weight is 247 g/mol. The lowest BCUT2D eigenvalue weighted by Gasteiger charge is -2.14. The maximum Gasteiger partial charge on any atom is 0.0531 e. The Morgan fingerprint density at radius 1 is 0.684 bits per heavy atom. The molecule has 0 spiro atoms. The highest BCUT2D eigenvalue weighted by Crippen LogP contribution is 2.27. The lowest BCUT2D eigenvalue weighted by atomic mass is 10.1. The molecular formula is C18H17N. The molecule has 1 nitrogen and oxygen atoms in total. The summed E-state index contributed by atoms with van der Waals surface area (Å²) in [7, 11) is 0. The van der Waals surface area contributed by atoms with Crippen molar-refractivity contribution in [2.45, 2.75) is 13.8 Å². The van der Waals surface area contributed by atoms with E-state index in [9.17, 15) is 0 Å². The van der Waals surface area contributed by atoms with Crippen molar-refractivity contribution < 1.29 is 0 Å². The van der Waals surface area contributed by atoms with Crippen molar-refractivity contribution in [2.24, 2.45) is 0 Å². The van der Waals surface area contributed by atoms with Gasteiger partial charge >= 0.3 is 0 Å². The highest BCUT2D eigenvalue weighted by atomic mass is 15.0. The zero-order chi connectivity index (χ0) is 13.2. The van der Waals surface area contributed by atoms with Gasteiger partial charge in [-0.05, 0) is 43.2 Å². The molecule has 0 bridgehead atoms. The van der Waals surface area contributed by atoms with Gasteiger partial charge in [-0.2, -0.15) is 0 Å². The fraction of sp³-hybridized carbons (Fsp3) is 0.111. The van der Waals surface area contributed by atoms with Crippen LogP contribution in [-0.4, -0.2) is 4.57 Å². The van der Waals surface area contributed by atoms with E-state index in [1.165, 1.54) is 28.2 Å². The zero-order valence-corrected chi connectivity index (χ0v) is 11.3. The Balaban J connectivity index is 2.23. The van der Waals surface area contributed by atoms with E-state index >= 15 is 0 Å². The number of nitrogens with zero attached hydrogens (tertiary/aromatic N) is 1. The molecule has 1 heterocycles. The quantitative estimate of drug-likeness (QED) is 0.615. The SMILES string of the molecule is Cc1ccccc1-n1c(C)ccc1-c1ccccc1. The lowest BCUT2D eigenvalue weighted by Crippen LogP contribution is -2.00. The topological polar surface area (TPSA) is 4.93 Å². The largest absolute Gasteiger partial charge is 0.314 e. The summed E-state index contributed by atoms with van der Waals surface area (Å²) in [6, 6.07) is 23.4. The van der Waals surface area contributed by atoms with Gasteiger partial charge in [-0.15, -0.1) is 0 Å². The van der Waals surface area contributed by atoms with E-state index in [4.69, 9.17) is 0 Å². The number of rotatable bonds is 2. The first-order valence-corrected chi connectivity index (χ1v) is 6.57. The Labute approximate surface area is 114 Å². The van der Waals surface area contributed by atoms with Gasteiger partial charge in [-0.3, -0.25) is 0 Å². The van der Waals surface area contributed by atoms with Crippen LogP contribution in [0.3, 0.4) is 0 Å². The second-order valence-electron chi connectivity index (χ2n) is 4.85. The molecule has 0 saturated heterocycles. The second kappa shape index (κ2) is 4.77. The van der Waals surface area contributed by atoms with Crippen LogP contribution in [0, 0.1) is 13.8 Å². The Morgan fingerprint density at radius 2 is 1.37 bits per heavy atom. The van der Waals surface area contributed by atoms with Gasteiger partial charge in [0.05, 0.1) is 5.69 Å². The van der Waals surface area contributed by atoms with Gasteiger partial charge in [0, 0.05) is 11.4 Å². The number of hydrogen-bond donors (Lipinski definition) is 0. The van der Waals surface area contributed by atoms with Crippen LogP contribution in [-0.2, 0) is 0 Å². The van der Waals surface area contributed by atoms with Gasteiger partial charge in [0.2, 0.25) is 0 Å². The maximum absolute atomic E-state index is 2.32. The van der Waals surface area contributed by atoms with Crippen molar-refractivity contribution in [1.82, 2.24) is 4.57 Å². The standard InChI is InChI=1S/C18H17N/c1-14-8-6-7-11-17(14)19-15(2)12-13-18(19)16-9-4-3-5-10-16/h3-13H,1-2H3. The molecule has 3 aromatic rings. The Hall–Kier alpha value is -2.28. The number of hydrogen-bond acceptors (Lipinski definition) is 0. The van der Waals surface area contributed by atoms with E-state index in [0.717, 1.165) is 0 Å². The highest BCUT2D eigenvalue weighted by molar-refractivity contribution is 5.64. The van der Waals surface area contributed by atoms with Crippen molar-refractivity contribution in [3.63, 3.8) is 0 Å². The predicted octanol–water partition coefficient (Wildman–Crippen LogP) is 4.76. The average Bonchev–Trinajstić information content (AvgIpc) is 2.82. The smallest absolute Gasteiger partial charge is 0.0531 e. The molecule has 0 atom stereocenters. The molecule has 0 amide bonds. The molecule has 94 valence electrons. The van der Waals surface area contributed by atoms with E-state index in [-0.39, 0.29) is 0 Å². The van der Waals surface area contributed by atoms with Crippen LogP contribution in [0.1, 0.15) is 11.3 Å². The molecule has 0 N–H and O–H groups in total. The maximum atomic E-state index is 2.32. The molecule has 0 aliphatic rings. The number of aryl methyl sites for hydroxylation is 2. The van der Waals surface area contributed by atoms with E-state index in [1.54, 1.807) is 0 Å². The monoisotopic (exact) mass is 247 g/mol. The van der Waals surface area contributed by atoms with Gasteiger partial charge in [0.1, 0.15) is 0 Å². The first kappa shape index (κ1) is 11.8. The molecule has 0 radical (unpaired) electrons. The van der Waals surface area contributed by atoms with Gasteiger partial charge in [-0.25, -0.2) is 0 Å². The van der Waals surface area contributed by atoms with Crippen LogP contribution in [0.4, 0.5) is 0 Å². The van der Waals surface area contributed by atoms with Crippen molar-refractivity contribution in [3.8, 4) is 16.9 Å². The second-order valence-corrected chi connectivity index (χ2v) is 4.85. The molecule has 0 aliphatic carbocycles. The summed E-state index contributed by atoms with van der Waals surface area (Å²) in [4.78, 5) is 0. The summed E-state index contributed by atoms with van der Waals surface area (Å²) in [6.07, 6.45) is 0. The third-order valence-corrected chi connectivity index (χ3v) is 3.50. The minimum Gasteiger partial charge on any atom is -0.314 e. The zero-order valence-electron chi connectivity index (χ0n) is 11.3. The number of aromatic nitrogens is 1.